The van der Waals surface area contributed by atoms with E-state index in [9.17, 15) is 0 Å². The fourth-order valence-electron chi connectivity index (χ4n) is 1.81. The van der Waals surface area contributed by atoms with Crippen molar-refractivity contribution in [3.05, 3.63) is 18.6 Å². The van der Waals surface area contributed by atoms with Crippen molar-refractivity contribution in [1.29, 1.82) is 5.26 Å². The Hall–Kier alpha value is -1.63. The van der Waals surface area contributed by atoms with Crippen molar-refractivity contribution in [3.63, 3.8) is 0 Å². The maximum Gasteiger partial charge on any atom is 0.144 e. The minimum absolute atomic E-state index is 0.212. The highest BCUT2D eigenvalue weighted by atomic mass is 15.0. The minimum Gasteiger partial charge on any atom is -0.366 e. The third-order valence-corrected chi connectivity index (χ3v) is 2.53. The Bertz CT molecular complexity index is 330. The molecule has 0 spiro atoms. The summed E-state index contributed by atoms with van der Waals surface area (Å²) in [5.41, 5.74) is 0. The molecular weight excluding hydrogens is 176 g/mol. The number of anilines is 1. The van der Waals surface area contributed by atoms with E-state index in [4.69, 9.17) is 5.26 Å². The summed E-state index contributed by atoms with van der Waals surface area (Å²) in [5, 5.41) is 12.0. The van der Waals surface area contributed by atoms with E-state index in [2.05, 4.69) is 21.4 Å². The number of hydrogen-bond acceptors (Lipinski definition) is 4. The summed E-state index contributed by atoms with van der Waals surface area (Å²) in [7, 11) is 0. The maximum absolute atomic E-state index is 8.74. The molecule has 1 aromatic heterocycles. The van der Waals surface area contributed by atoms with Crippen LogP contribution < -0.4 is 5.32 Å². The topological polar surface area (TPSA) is 61.6 Å². The molecule has 1 N–H and O–H groups in total. The van der Waals surface area contributed by atoms with Crippen molar-refractivity contribution in [2.75, 3.05) is 5.32 Å². The number of aromatic nitrogens is 2. The van der Waals surface area contributed by atoms with Crippen LogP contribution in [-0.2, 0) is 0 Å². The van der Waals surface area contributed by atoms with Crippen LogP contribution in [0.15, 0.2) is 18.6 Å². The van der Waals surface area contributed by atoms with Crippen molar-refractivity contribution in [2.24, 2.45) is 5.92 Å². The van der Waals surface area contributed by atoms with E-state index in [1.165, 1.54) is 0 Å². The molecule has 14 heavy (non-hydrogen) atoms. The maximum atomic E-state index is 8.74. The van der Waals surface area contributed by atoms with E-state index < -0.39 is 0 Å². The molecule has 1 aromatic rings. The molecule has 1 aliphatic rings. The van der Waals surface area contributed by atoms with Gasteiger partial charge in [0.2, 0.25) is 0 Å². The molecule has 0 amide bonds. The van der Waals surface area contributed by atoms with Gasteiger partial charge in [-0.05, 0) is 19.3 Å². The molecule has 0 radical (unpaired) electrons. The average molecular weight is 188 g/mol. The van der Waals surface area contributed by atoms with Crippen LogP contribution in [-0.4, -0.2) is 16.0 Å². The first kappa shape index (κ1) is 8.95. The zero-order chi connectivity index (χ0) is 9.80. The lowest BCUT2D eigenvalue weighted by atomic mass is 10.1. The fourth-order valence-corrected chi connectivity index (χ4v) is 1.81. The molecule has 2 unspecified atom stereocenters. The van der Waals surface area contributed by atoms with E-state index in [1.54, 1.807) is 18.6 Å². The molecule has 1 fully saturated rings. The summed E-state index contributed by atoms with van der Waals surface area (Å²) >= 11 is 0. The minimum atomic E-state index is 0.212. The highest BCUT2D eigenvalue weighted by molar-refractivity contribution is 5.31. The largest absolute Gasteiger partial charge is 0.366 e. The first-order valence-corrected chi connectivity index (χ1v) is 4.80. The zero-order valence-corrected chi connectivity index (χ0v) is 7.85. The Labute approximate surface area is 83.0 Å². The second kappa shape index (κ2) is 4.05. The molecule has 0 saturated heterocycles. The van der Waals surface area contributed by atoms with Gasteiger partial charge < -0.3 is 5.32 Å². The lowest BCUT2D eigenvalue weighted by Crippen LogP contribution is -2.16. The monoisotopic (exact) mass is 188 g/mol. The standard InChI is InChI=1S/C10H12N4/c11-6-8-1-2-9(5-8)14-10-7-12-3-4-13-10/h3-4,7-9H,1-2,5H2,(H,13,14). The molecule has 1 saturated carbocycles. The van der Waals surface area contributed by atoms with Gasteiger partial charge in [0, 0.05) is 24.4 Å². The SMILES string of the molecule is N#CC1CCC(Nc2cnccn2)C1. The lowest BCUT2D eigenvalue weighted by Gasteiger charge is -2.11. The van der Waals surface area contributed by atoms with E-state index in [0.717, 1.165) is 25.1 Å². The average Bonchev–Trinajstić information content (AvgIpc) is 2.67. The van der Waals surface area contributed by atoms with E-state index in [-0.39, 0.29) is 5.92 Å². The third-order valence-electron chi connectivity index (χ3n) is 2.53. The van der Waals surface area contributed by atoms with Gasteiger partial charge in [-0.3, -0.25) is 4.98 Å². The highest BCUT2D eigenvalue weighted by Crippen LogP contribution is 2.26. The Kier molecular flexibility index (Phi) is 2.59. The molecular formula is C10H12N4. The summed E-state index contributed by atoms with van der Waals surface area (Å²) in [5.74, 6) is 1.01. The van der Waals surface area contributed by atoms with Gasteiger partial charge in [0.05, 0.1) is 12.3 Å². The van der Waals surface area contributed by atoms with Crippen molar-refractivity contribution in [3.8, 4) is 6.07 Å². The second-order valence-electron chi connectivity index (χ2n) is 3.57. The predicted octanol–water partition coefficient (Wildman–Crippen LogP) is 1.58. The summed E-state index contributed by atoms with van der Waals surface area (Å²) in [6.45, 7) is 0. The molecule has 0 aromatic carbocycles. The van der Waals surface area contributed by atoms with Gasteiger partial charge in [0.25, 0.3) is 0 Å². The van der Waals surface area contributed by atoms with Crippen molar-refractivity contribution in [1.82, 2.24) is 9.97 Å². The van der Waals surface area contributed by atoms with Gasteiger partial charge in [-0.2, -0.15) is 5.26 Å². The first-order chi connectivity index (χ1) is 6.88. The van der Waals surface area contributed by atoms with Crippen LogP contribution >= 0.6 is 0 Å². The molecule has 1 aliphatic carbocycles. The summed E-state index contributed by atoms with van der Waals surface area (Å²) in [6.07, 6.45) is 7.99. The predicted molar refractivity (Wildman–Crippen MR) is 52.4 cm³/mol. The van der Waals surface area contributed by atoms with Crippen LogP contribution in [0.3, 0.4) is 0 Å². The van der Waals surface area contributed by atoms with Gasteiger partial charge in [-0.25, -0.2) is 4.98 Å². The van der Waals surface area contributed by atoms with Crippen molar-refractivity contribution < 1.29 is 0 Å². The highest BCUT2D eigenvalue weighted by Gasteiger charge is 2.24. The van der Waals surface area contributed by atoms with Crippen LogP contribution in [0.1, 0.15) is 19.3 Å². The van der Waals surface area contributed by atoms with Gasteiger partial charge in [-0.1, -0.05) is 0 Å². The van der Waals surface area contributed by atoms with Crippen molar-refractivity contribution in [2.45, 2.75) is 25.3 Å². The van der Waals surface area contributed by atoms with Crippen LogP contribution in [0.2, 0.25) is 0 Å². The van der Waals surface area contributed by atoms with Crippen molar-refractivity contribution >= 4 is 5.82 Å². The van der Waals surface area contributed by atoms with Crippen LogP contribution in [0, 0.1) is 17.2 Å². The van der Waals surface area contributed by atoms with E-state index in [1.807, 2.05) is 0 Å². The molecule has 72 valence electrons. The molecule has 1 heterocycles. The van der Waals surface area contributed by atoms with Gasteiger partial charge >= 0.3 is 0 Å². The molecule has 4 nitrogen and oxygen atoms in total. The number of nitrogens with one attached hydrogen (secondary N) is 1. The molecule has 2 atom stereocenters. The lowest BCUT2D eigenvalue weighted by molar-refractivity contribution is 0.682. The summed E-state index contributed by atoms with van der Waals surface area (Å²) < 4.78 is 0. The Balaban J connectivity index is 1.91. The third kappa shape index (κ3) is 1.99. The van der Waals surface area contributed by atoms with Crippen LogP contribution in [0.4, 0.5) is 5.82 Å². The second-order valence-corrected chi connectivity index (χ2v) is 3.57. The number of nitriles is 1. The van der Waals surface area contributed by atoms with Crippen LogP contribution in [0.25, 0.3) is 0 Å². The molecule has 0 bridgehead atoms. The number of rotatable bonds is 2. The van der Waals surface area contributed by atoms with E-state index in [0.29, 0.717) is 6.04 Å². The molecule has 4 heteroatoms. The quantitative estimate of drug-likeness (QED) is 0.765. The summed E-state index contributed by atoms with van der Waals surface area (Å²) in [6, 6.07) is 2.69. The van der Waals surface area contributed by atoms with Gasteiger partial charge in [0.1, 0.15) is 5.82 Å². The molecule has 2 rings (SSSR count). The Morgan fingerprint density at radius 2 is 2.36 bits per heavy atom. The first-order valence-electron chi connectivity index (χ1n) is 4.80. The summed E-state index contributed by atoms with van der Waals surface area (Å²) in [4.78, 5) is 8.11. The number of hydrogen-bond donors (Lipinski definition) is 1. The smallest absolute Gasteiger partial charge is 0.144 e. The van der Waals surface area contributed by atoms with Gasteiger partial charge in [-0.15, -0.1) is 0 Å². The Morgan fingerprint density at radius 3 is 3.00 bits per heavy atom. The fraction of sp³-hybridized carbons (Fsp3) is 0.500. The van der Waals surface area contributed by atoms with Crippen LogP contribution in [0.5, 0.6) is 0 Å². The zero-order valence-electron chi connectivity index (χ0n) is 7.85. The number of nitrogens with zero attached hydrogens (tertiary/aromatic N) is 3. The molecule has 0 aliphatic heterocycles. The van der Waals surface area contributed by atoms with E-state index >= 15 is 0 Å². The normalized spacial score (nSPS) is 25.6. The van der Waals surface area contributed by atoms with Gasteiger partial charge in [0.15, 0.2) is 0 Å². The Morgan fingerprint density at radius 1 is 1.43 bits per heavy atom.